The number of carbonyl (C=O) groups is 1. The van der Waals surface area contributed by atoms with Crippen molar-refractivity contribution in [2.24, 2.45) is 0 Å². The lowest BCUT2D eigenvalue weighted by Gasteiger charge is -2.51. The van der Waals surface area contributed by atoms with Gasteiger partial charge in [0.15, 0.2) is 18.9 Å². The molecule has 0 aliphatic carbocycles. The van der Waals surface area contributed by atoms with Crippen LogP contribution in [0, 0.1) is 0 Å². The summed E-state index contributed by atoms with van der Waals surface area (Å²) in [5.74, 6) is -0.280. The van der Waals surface area contributed by atoms with Gasteiger partial charge >= 0.3 is 0 Å². The molecule has 54 heavy (non-hydrogen) atoms. The van der Waals surface area contributed by atoms with Crippen LogP contribution in [0.25, 0.3) is 0 Å². The Morgan fingerprint density at radius 3 is 1.70 bits per heavy atom. The molecule has 11 atom stereocenters. The molecule has 0 bridgehead atoms. The van der Waals surface area contributed by atoms with E-state index in [2.05, 4.69) is 5.32 Å². The smallest absolute Gasteiger partial charge is 0.217 e. The fraction of sp³-hybridized carbons (Fsp3) is 0.419. The highest BCUT2D eigenvalue weighted by Gasteiger charge is 2.55. The first kappa shape index (κ1) is 38.3. The SMILES string of the molecule is CO[C@H]1O[C@@H]2CO[C@@H](c3ccccc3)O[C@H]2[C@H](O[C@@H]2O[C@@H](C)[C@@H](OCc3ccccc3)[C@@H](OCc3ccccc3)[C@@H]2OCc2ccccc2)[C@H]1NC(C)=O. The van der Waals surface area contributed by atoms with Crippen molar-refractivity contribution < 1.29 is 47.4 Å². The predicted octanol–water partition coefficient (Wildman–Crippen LogP) is 5.86. The van der Waals surface area contributed by atoms with Crippen LogP contribution < -0.4 is 5.32 Å². The van der Waals surface area contributed by atoms with E-state index in [9.17, 15) is 4.79 Å². The number of rotatable bonds is 14. The molecule has 1 amide bonds. The molecule has 3 aliphatic rings. The van der Waals surface area contributed by atoms with Crippen molar-refractivity contribution in [3.63, 3.8) is 0 Å². The zero-order valence-electron chi connectivity index (χ0n) is 30.8. The molecule has 4 aromatic carbocycles. The second-order valence-corrected chi connectivity index (χ2v) is 13.8. The summed E-state index contributed by atoms with van der Waals surface area (Å²) in [5, 5.41) is 3.01. The van der Waals surface area contributed by atoms with Gasteiger partial charge in [0, 0.05) is 19.6 Å². The molecule has 0 aromatic heterocycles. The molecule has 0 radical (unpaired) electrons. The van der Waals surface area contributed by atoms with Gasteiger partial charge in [0.05, 0.1) is 32.5 Å². The first-order chi connectivity index (χ1) is 26.5. The number of hydrogen-bond donors (Lipinski definition) is 1. The number of nitrogens with one attached hydrogen (secondary N) is 1. The molecule has 11 nitrogen and oxygen atoms in total. The van der Waals surface area contributed by atoms with E-state index in [0.29, 0.717) is 13.2 Å². The minimum absolute atomic E-state index is 0.213. The first-order valence-corrected chi connectivity index (χ1v) is 18.5. The van der Waals surface area contributed by atoms with Crippen LogP contribution in [-0.2, 0) is 67.2 Å². The summed E-state index contributed by atoms with van der Waals surface area (Å²) in [6, 6.07) is 38.8. The molecule has 4 aromatic rings. The Morgan fingerprint density at radius 1 is 0.648 bits per heavy atom. The number of amides is 1. The average Bonchev–Trinajstić information content (AvgIpc) is 3.21. The molecule has 7 rings (SSSR count). The molecular weight excluding hydrogens is 690 g/mol. The summed E-state index contributed by atoms with van der Waals surface area (Å²) >= 11 is 0. The van der Waals surface area contributed by atoms with Crippen molar-refractivity contribution >= 4 is 5.91 Å². The Balaban J connectivity index is 1.23. The van der Waals surface area contributed by atoms with Crippen LogP contribution in [0.2, 0.25) is 0 Å². The summed E-state index contributed by atoms with van der Waals surface area (Å²) in [6.45, 7) is 4.52. The van der Waals surface area contributed by atoms with Crippen molar-refractivity contribution in [2.75, 3.05) is 13.7 Å². The summed E-state index contributed by atoms with van der Waals surface area (Å²) in [6.07, 6.45) is -7.04. The van der Waals surface area contributed by atoms with Crippen LogP contribution in [0.3, 0.4) is 0 Å². The van der Waals surface area contributed by atoms with E-state index in [1.54, 1.807) is 0 Å². The molecule has 1 N–H and O–H groups in total. The number of hydrogen-bond acceptors (Lipinski definition) is 10. The highest BCUT2D eigenvalue weighted by Crippen LogP contribution is 2.38. The van der Waals surface area contributed by atoms with Crippen molar-refractivity contribution in [1.82, 2.24) is 5.32 Å². The third-order valence-electron chi connectivity index (χ3n) is 9.89. The lowest BCUT2D eigenvalue weighted by atomic mass is 9.94. The van der Waals surface area contributed by atoms with Gasteiger partial charge in [-0.3, -0.25) is 4.79 Å². The maximum Gasteiger partial charge on any atom is 0.217 e. The van der Waals surface area contributed by atoms with Gasteiger partial charge in [-0.15, -0.1) is 0 Å². The highest BCUT2D eigenvalue weighted by atomic mass is 16.8. The number of benzene rings is 4. The average molecular weight is 740 g/mol. The lowest BCUT2D eigenvalue weighted by Crippen LogP contribution is -2.69. The van der Waals surface area contributed by atoms with Gasteiger partial charge in [-0.25, -0.2) is 0 Å². The maximum atomic E-state index is 12.7. The van der Waals surface area contributed by atoms with E-state index in [-0.39, 0.29) is 19.1 Å². The molecule has 286 valence electrons. The Kier molecular flexibility index (Phi) is 13.1. The topological polar surface area (TPSA) is 112 Å². The van der Waals surface area contributed by atoms with E-state index >= 15 is 0 Å². The van der Waals surface area contributed by atoms with Gasteiger partial charge in [-0.05, 0) is 23.6 Å². The second kappa shape index (κ2) is 18.5. The highest BCUT2D eigenvalue weighted by molar-refractivity contribution is 5.73. The predicted molar refractivity (Wildman–Crippen MR) is 198 cm³/mol. The molecule has 0 unspecified atom stereocenters. The first-order valence-electron chi connectivity index (χ1n) is 18.5. The molecule has 0 spiro atoms. The fourth-order valence-corrected chi connectivity index (χ4v) is 7.24. The van der Waals surface area contributed by atoms with Crippen LogP contribution in [0.5, 0.6) is 0 Å². The molecule has 3 heterocycles. The van der Waals surface area contributed by atoms with Gasteiger partial charge in [-0.2, -0.15) is 0 Å². The van der Waals surface area contributed by atoms with Crippen LogP contribution in [0.15, 0.2) is 121 Å². The standard InChI is InChI=1S/C43H49NO10/c1-28-36(47-24-30-16-8-4-9-17-30)39(48-25-31-18-10-5-11-19-31)40(49-26-32-20-12-6-13-21-32)43(51-28)54-38-35(44-29(2)45)42(46-3)52-34-27-50-41(53-37(34)38)33-22-14-7-15-23-33/h4-23,28,34-43H,24-27H2,1-3H3,(H,44,45)/t28-,34+,35+,36+,37+,38+,39+,40-,41+,42-,43-/m0/s1. The zero-order valence-corrected chi connectivity index (χ0v) is 30.8. The van der Waals surface area contributed by atoms with Gasteiger partial charge in [0.2, 0.25) is 5.91 Å². The fourth-order valence-electron chi connectivity index (χ4n) is 7.24. The Bertz CT molecular complexity index is 1720. The third-order valence-corrected chi connectivity index (χ3v) is 9.89. The van der Waals surface area contributed by atoms with Crippen molar-refractivity contribution in [1.29, 1.82) is 0 Å². The number of carbonyl (C=O) groups excluding carboxylic acids is 1. The van der Waals surface area contributed by atoms with E-state index in [4.69, 9.17) is 42.6 Å². The minimum Gasteiger partial charge on any atom is -0.368 e. The zero-order chi connectivity index (χ0) is 37.3. The Labute approximate surface area is 316 Å². The molecule has 11 heteroatoms. The van der Waals surface area contributed by atoms with E-state index in [1.807, 2.05) is 128 Å². The van der Waals surface area contributed by atoms with Gasteiger partial charge in [0.1, 0.15) is 42.7 Å². The second-order valence-electron chi connectivity index (χ2n) is 13.8. The van der Waals surface area contributed by atoms with Gasteiger partial charge in [-0.1, -0.05) is 121 Å². The normalized spacial score (nSPS) is 31.0. The summed E-state index contributed by atoms with van der Waals surface area (Å²) in [5.41, 5.74) is 3.84. The molecular formula is C43H49NO10. The maximum absolute atomic E-state index is 12.7. The van der Waals surface area contributed by atoms with E-state index in [0.717, 1.165) is 22.3 Å². The number of ether oxygens (including phenoxy) is 9. The number of fused-ring (bicyclic) bond motifs is 1. The van der Waals surface area contributed by atoms with Crippen LogP contribution in [0.1, 0.15) is 42.4 Å². The largest absolute Gasteiger partial charge is 0.368 e. The quantitative estimate of drug-likeness (QED) is 0.169. The monoisotopic (exact) mass is 739 g/mol. The van der Waals surface area contributed by atoms with Gasteiger partial charge < -0.3 is 47.9 Å². The summed E-state index contributed by atoms with van der Waals surface area (Å²) < 4.78 is 58.9. The Morgan fingerprint density at radius 2 is 1.17 bits per heavy atom. The Hall–Kier alpha value is -4.01. The van der Waals surface area contributed by atoms with E-state index < -0.39 is 67.6 Å². The van der Waals surface area contributed by atoms with Crippen molar-refractivity contribution in [3.05, 3.63) is 144 Å². The van der Waals surface area contributed by atoms with Crippen LogP contribution in [-0.4, -0.2) is 81.0 Å². The van der Waals surface area contributed by atoms with Crippen molar-refractivity contribution in [3.8, 4) is 0 Å². The van der Waals surface area contributed by atoms with Crippen LogP contribution >= 0.6 is 0 Å². The number of methoxy groups -OCH3 is 1. The lowest BCUT2D eigenvalue weighted by molar-refractivity contribution is -0.380. The minimum atomic E-state index is -0.986. The van der Waals surface area contributed by atoms with E-state index in [1.165, 1.54) is 14.0 Å². The molecule has 3 saturated heterocycles. The van der Waals surface area contributed by atoms with Crippen molar-refractivity contribution in [2.45, 2.75) is 101 Å². The molecule has 3 aliphatic heterocycles. The van der Waals surface area contributed by atoms with Gasteiger partial charge in [0.25, 0.3) is 0 Å². The van der Waals surface area contributed by atoms with Crippen LogP contribution in [0.4, 0.5) is 0 Å². The third kappa shape index (κ3) is 9.43. The molecule has 3 fully saturated rings. The summed E-state index contributed by atoms with van der Waals surface area (Å²) in [7, 11) is 1.53. The molecule has 0 saturated carbocycles. The summed E-state index contributed by atoms with van der Waals surface area (Å²) in [4.78, 5) is 12.7.